The Labute approximate surface area is 140 Å². The molecule has 3 nitrogen and oxygen atoms in total. The van der Waals surface area contributed by atoms with Crippen LogP contribution >= 0.6 is 38.9 Å². The molecule has 3 N–H and O–H groups in total. The van der Waals surface area contributed by atoms with Crippen LogP contribution in [0.2, 0.25) is 5.02 Å². The van der Waals surface area contributed by atoms with Crippen LogP contribution in [0.1, 0.15) is 20.8 Å². The Morgan fingerprint density at radius 3 is 2.86 bits per heavy atom. The molecule has 1 aromatic heterocycles. The molecule has 0 aliphatic heterocycles. The van der Waals surface area contributed by atoms with E-state index in [1.807, 2.05) is 11.4 Å². The van der Waals surface area contributed by atoms with Crippen molar-refractivity contribution in [2.45, 2.75) is 6.54 Å². The van der Waals surface area contributed by atoms with Crippen molar-refractivity contribution in [2.24, 2.45) is 5.73 Å². The number of halogens is 2. The number of nitrogens with two attached hydrogens (primary N) is 1. The van der Waals surface area contributed by atoms with Gasteiger partial charge in [0.05, 0.1) is 18.1 Å². The summed E-state index contributed by atoms with van der Waals surface area (Å²) in [5.74, 6) is 5.42. The Morgan fingerprint density at radius 2 is 2.24 bits per heavy atom. The second-order valence-electron chi connectivity index (χ2n) is 4.07. The standard InChI is InChI=1S/C15H12BrClN2OS/c16-12-5-7-21-14(12)9-19-15(20)11-4-3-10(2-1-6-18)13(17)8-11/h3-5,7-8H,6,9,18H2,(H,19,20). The van der Waals surface area contributed by atoms with Crippen LogP contribution in [0.15, 0.2) is 34.1 Å². The molecule has 1 aromatic carbocycles. The summed E-state index contributed by atoms with van der Waals surface area (Å²) in [4.78, 5) is 13.2. The summed E-state index contributed by atoms with van der Waals surface area (Å²) < 4.78 is 0.998. The molecule has 21 heavy (non-hydrogen) atoms. The molecule has 0 saturated carbocycles. The molecular weight excluding hydrogens is 372 g/mol. The van der Waals surface area contributed by atoms with Crippen molar-refractivity contribution >= 4 is 44.8 Å². The Morgan fingerprint density at radius 1 is 1.43 bits per heavy atom. The third-order valence-electron chi connectivity index (χ3n) is 2.66. The molecule has 1 amide bonds. The smallest absolute Gasteiger partial charge is 0.251 e. The molecule has 0 radical (unpaired) electrons. The average molecular weight is 384 g/mol. The number of carbonyl (C=O) groups is 1. The highest BCUT2D eigenvalue weighted by molar-refractivity contribution is 9.10. The van der Waals surface area contributed by atoms with Crippen molar-refractivity contribution in [1.82, 2.24) is 5.32 Å². The van der Waals surface area contributed by atoms with Crippen LogP contribution in [0.25, 0.3) is 0 Å². The number of nitrogens with one attached hydrogen (secondary N) is 1. The molecule has 2 aromatic rings. The topological polar surface area (TPSA) is 55.1 Å². The van der Waals surface area contributed by atoms with Crippen molar-refractivity contribution in [1.29, 1.82) is 0 Å². The number of carbonyl (C=O) groups excluding carboxylic acids is 1. The molecule has 2 rings (SSSR count). The maximum absolute atomic E-state index is 12.1. The van der Waals surface area contributed by atoms with Crippen molar-refractivity contribution in [3.8, 4) is 11.8 Å². The zero-order valence-corrected chi connectivity index (χ0v) is 14.1. The van der Waals surface area contributed by atoms with E-state index in [0.29, 0.717) is 22.7 Å². The summed E-state index contributed by atoms with van der Waals surface area (Å²) in [7, 11) is 0. The van der Waals surface area contributed by atoms with Crippen LogP contribution in [0, 0.1) is 11.8 Å². The van der Waals surface area contributed by atoms with Crippen LogP contribution in [0.3, 0.4) is 0 Å². The molecule has 0 spiro atoms. The van der Waals surface area contributed by atoms with Crippen LogP contribution < -0.4 is 11.1 Å². The Bertz CT molecular complexity index is 718. The Balaban J connectivity index is 2.06. The van der Waals surface area contributed by atoms with Gasteiger partial charge in [-0.1, -0.05) is 23.4 Å². The fourth-order valence-electron chi connectivity index (χ4n) is 1.62. The highest BCUT2D eigenvalue weighted by atomic mass is 79.9. The lowest BCUT2D eigenvalue weighted by Gasteiger charge is -2.05. The fraction of sp³-hybridized carbons (Fsp3) is 0.133. The maximum atomic E-state index is 12.1. The summed E-state index contributed by atoms with van der Waals surface area (Å²) in [5, 5.41) is 5.27. The second kappa shape index (κ2) is 7.62. The van der Waals surface area contributed by atoms with Gasteiger partial charge in [0.15, 0.2) is 0 Å². The van der Waals surface area contributed by atoms with Crippen LogP contribution in [0.5, 0.6) is 0 Å². The number of hydrogen-bond acceptors (Lipinski definition) is 3. The van der Waals surface area contributed by atoms with Crippen molar-refractivity contribution in [3.05, 3.63) is 55.1 Å². The minimum atomic E-state index is -0.171. The third kappa shape index (κ3) is 4.32. The number of benzene rings is 1. The van der Waals surface area contributed by atoms with Crippen molar-refractivity contribution in [3.63, 3.8) is 0 Å². The molecule has 1 heterocycles. The van der Waals surface area contributed by atoms with Gasteiger partial charge in [0.25, 0.3) is 5.91 Å². The van der Waals surface area contributed by atoms with E-state index in [0.717, 1.165) is 9.35 Å². The number of thiophene rings is 1. The first-order valence-electron chi connectivity index (χ1n) is 6.10. The van der Waals surface area contributed by atoms with Crippen molar-refractivity contribution < 1.29 is 4.79 Å². The van der Waals surface area contributed by atoms with Crippen LogP contribution in [-0.4, -0.2) is 12.5 Å². The predicted octanol–water partition coefficient (Wildman–Crippen LogP) is 3.40. The lowest BCUT2D eigenvalue weighted by Crippen LogP contribution is -2.22. The van der Waals surface area contributed by atoms with Gasteiger partial charge in [-0.05, 0) is 45.6 Å². The highest BCUT2D eigenvalue weighted by Gasteiger charge is 2.09. The Hall–Kier alpha value is -1.32. The normalized spacial score (nSPS) is 9.86. The largest absolute Gasteiger partial charge is 0.347 e. The van der Waals surface area contributed by atoms with Gasteiger partial charge in [-0.25, -0.2) is 0 Å². The van der Waals surface area contributed by atoms with Gasteiger partial charge in [-0.15, -0.1) is 11.3 Å². The zero-order valence-electron chi connectivity index (χ0n) is 11.0. The van der Waals surface area contributed by atoms with Crippen molar-refractivity contribution in [2.75, 3.05) is 6.54 Å². The summed E-state index contributed by atoms with van der Waals surface area (Å²) in [6.45, 7) is 0.748. The molecule has 0 aliphatic carbocycles. The van der Waals surface area contributed by atoms with E-state index in [9.17, 15) is 4.79 Å². The molecule has 0 bridgehead atoms. The molecule has 0 unspecified atom stereocenters. The minimum absolute atomic E-state index is 0.171. The molecule has 0 fully saturated rings. The molecule has 108 valence electrons. The van der Waals surface area contributed by atoms with Gasteiger partial charge >= 0.3 is 0 Å². The first-order chi connectivity index (χ1) is 10.1. The third-order valence-corrected chi connectivity index (χ3v) is 4.90. The van der Waals surface area contributed by atoms with E-state index in [4.69, 9.17) is 17.3 Å². The SMILES string of the molecule is NCC#Cc1ccc(C(=O)NCc2sccc2Br)cc1Cl. The fourth-order valence-corrected chi connectivity index (χ4v) is 3.28. The monoisotopic (exact) mass is 382 g/mol. The second-order valence-corrected chi connectivity index (χ2v) is 6.34. The molecular formula is C15H12BrClN2OS. The minimum Gasteiger partial charge on any atom is -0.347 e. The number of rotatable bonds is 3. The quantitative estimate of drug-likeness (QED) is 0.798. The molecule has 0 atom stereocenters. The van der Waals surface area contributed by atoms with E-state index >= 15 is 0 Å². The molecule has 6 heteroatoms. The lowest BCUT2D eigenvalue weighted by atomic mass is 10.1. The first-order valence-corrected chi connectivity index (χ1v) is 8.15. The lowest BCUT2D eigenvalue weighted by molar-refractivity contribution is 0.0951. The van der Waals surface area contributed by atoms with E-state index in [1.54, 1.807) is 29.5 Å². The van der Waals surface area contributed by atoms with Crippen LogP contribution in [-0.2, 0) is 6.54 Å². The average Bonchev–Trinajstić information content (AvgIpc) is 2.88. The predicted molar refractivity (Wildman–Crippen MR) is 90.6 cm³/mol. The number of hydrogen-bond donors (Lipinski definition) is 2. The molecule has 0 saturated heterocycles. The van der Waals surface area contributed by atoms with E-state index < -0.39 is 0 Å². The van der Waals surface area contributed by atoms with Gasteiger partial charge in [0, 0.05) is 20.5 Å². The van der Waals surface area contributed by atoms with E-state index in [-0.39, 0.29) is 12.5 Å². The summed E-state index contributed by atoms with van der Waals surface area (Å²) >= 11 is 11.1. The van der Waals surface area contributed by atoms with Crippen LogP contribution in [0.4, 0.5) is 0 Å². The number of amides is 1. The highest BCUT2D eigenvalue weighted by Crippen LogP contribution is 2.22. The summed E-state index contributed by atoms with van der Waals surface area (Å²) in [6.07, 6.45) is 0. The van der Waals surface area contributed by atoms with Gasteiger partial charge in [0.2, 0.25) is 0 Å². The van der Waals surface area contributed by atoms with Gasteiger partial charge < -0.3 is 11.1 Å². The zero-order chi connectivity index (χ0) is 15.2. The Kier molecular flexibility index (Phi) is 5.83. The van der Waals surface area contributed by atoms with E-state index in [1.165, 1.54) is 0 Å². The summed E-state index contributed by atoms with van der Waals surface area (Å²) in [5.41, 5.74) is 6.49. The summed E-state index contributed by atoms with van der Waals surface area (Å²) in [6, 6.07) is 6.99. The van der Waals surface area contributed by atoms with E-state index in [2.05, 4.69) is 33.1 Å². The first kappa shape index (κ1) is 16.1. The van der Waals surface area contributed by atoms with Gasteiger partial charge in [0.1, 0.15) is 0 Å². The molecule has 0 aliphatic rings. The van der Waals surface area contributed by atoms with Gasteiger partial charge in [-0.2, -0.15) is 0 Å². The maximum Gasteiger partial charge on any atom is 0.251 e. The van der Waals surface area contributed by atoms with Gasteiger partial charge in [-0.3, -0.25) is 4.79 Å².